The lowest BCUT2D eigenvalue weighted by molar-refractivity contribution is -0.0744. The van der Waals surface area contributed by atoms with E-state index in [2.05, 4.69) is 59.2 Å². The molecular formula is C23H29ClN2O. The summed E-state index contributed by atoms with van der Waals surface area (Å²) in [7, 11) is 0. The molecule has 0 spiro atoms. The number of hydrogen-bond acceptors (Lipinski definition) is 3. The van der Waals surface area contributed by atoms with E-state index in [1.807, 2.05) is 12.1 Å². The number of ether oxygens (including phenoxy) is 1. The number of morpholine rings is 1. The summed E-state index contributed by atoms with van der Waals surface area (Å²) < 4.78 is 6.02. The molecule has 0 saturated carbocycles. The van der Waals surface area contributed by atoms with Gasteiger partial charge in [-0.15, -0.1) is 0 Å². The lowest BCUT2D eigenvalue weighted by Gasteiger charge is -2.46. The van der Waals surface area contributed by atoms with Crippen molar-refractivity contribution < 1.29 is 4.74 Å². The minimum absolute atomic E-state index is 0.318. The lowest BCUT2D eigenvalue weighted by Crippen LogP contribution is -2.56. The van der Waals surface area contributed by atoms with Crippen LogP contribution in [0.2, 0.25) is 5.02 Å². The molecule has 4 heteroatoms. The summed E-state index contributed by atoms with van der Waals surface area (Å²) in [6.07, 6.45) is 3.79. The van der Waals surface area contributed by atoms with Crippen molar-refractivity contribution in [3.63, 3.8) is 0 Å². The van der Waals surface area contributed by atoms with Crippen LogP contribution in [0.25, 0.3) is 0 Å². The highest BCUT2D eigenvalue weighted by molar-refractivity contribution is 6.30. The first-order chi connectivity index (χ1) is 13.2. The van der Waals surface area contributed by atoms with Gasteiger partial charge in [0.1, 0.15) is 0 Å². The van der Waals surface area contributed by atoms with Crippen molar-refractivity contribution in [3.05, 3.63) is 65.2 Å². The van der Waals surface area contributed by atoms with Gasteiger partial charge in [-0.1, -0.05) is 41.9 Å². The second kappa shape index (κ2) is 8.64. The second-order valence-corrected chi connectivity index (χ2v) is 8.32. The van der Waals surface area contributed by atoms with Crippen LogP contribution in [0.1, 0.15) is 25.3 Å². The molecule has 0 radical (unpaired) electrons. The molecule has 0 N–H and O–H groups in total. The van der Waals surface area contributed by atoms with E-state index in [0.717, 1.165) is 37.7 Å². The van der Waals surface area contributed by atoms with E-state index < -0.39 is 0 Å². The Bertz CT molecular complexity index is 713. The first-order valence-corrected chi connectivity index (χ1v) is 10.5. The second-order valence-electron chi connectivity index (χ2n) is 7.88. The number of para-hydroxylation sites is 1. The zero-order valence-corrected chi connectivity index (χ0v) is 16.8. The van der Waals surface area contributed by atoms with Crippen LogP contribution >= 0.6 is 11.6 Å². The summed E-state index contributed by atoms with van der Waals surface area (Å²) in [5.74, 6) is 0. The molecule has 0 aliphatic carbocycles. The maximum Gasteiger partial charge on any atom is 0.0674 e. The van der Waals surface area contributed by atoms with Gasteiger partial charge in [0.15, 0.2) is 0 Å². The highest BCUT2D eigenvalue weighted by Crippen LogP contribution is 2.27. The van der Waals surface area contributed by atoms with Crippen molar-refractivity contribution in [3.8, 4) is 0 Å². The third-order valence-electron chi connectivity index (χ3n) is 5.95. The van der Waals surface area contributed by atoms with Crippen molar-refractivity contribution in [2.24, 2.45) is 0 Å². The van der Waals surface area contributed by atoms with E-state index >= 15 is 0 Å². The Kier molecular flexibility index (Phi) is 6.01. The molecule has 2 atom stereocenters. The molecule has 4 rings (SSSR count). The largest absolute Gasteiger partial charge is 0.376 e. The van der Waals surface area contributed by atoms with Gasteiger partial charge in [0, 0.05) is 42.4 Å². The highest BCUT2D eigenvalue weighted by atomic mass is 35.5. The van der Waals surface area contributed by atoms with Crippen molar-refractivity contribution in [1.82, 2.24) is 4.90 Å². The average molecular weight is 385 g/mol. The highest BCUT2D eigenvalue weighted by Gasteiger charge is 2.34. The molecule has 2 aliphatic heterocycles. The van der Waals surface area contributed by atoms with E-state index in [-0.39, 0.29) is 0 Å². The van der Waals surface area contributed by atoms with Gasteiger partial charge in [-0.05, 0) is 56.0 Å². The Morgan fingerprint density at radius 2 is 1.70 bits per heavy atom. The van der Waals surface area contributed by atoms with E-state index in [1.54, 1.807) is 0 Å². The van der Waals surface area contributed by atoms with Crippen molar-refractivity contribution >= 4 is 17.3 Å². The maximum atomic E-state index is 6.05. The average Bonchev–Trinajstić information content (AvgIpc) is 2.72. The van der Waals surface area contributed by atoms with Gasteiger partial charge in [-0.2, -0.15) is 0 Å². The van der Waals surface area contributed by atoms with E-state index in [4.69, 9.17) is 16.3 Å². The molecule has 144 valence electrons. The minimum atomic E-state index is 0.318. The number of piperidine rings is 1. The predicted octanol–water partition coefficient (Wildman–Crippen LogP) is 4.64. The fourth-order valence-electron chi connectivity index (χ4n) is 4.48. The van der Waals surface area contributed by atoms with Crippen LogP contribution in [0.5, 0.6) is 0 Å². The Hall–Kier alpha value is -1.55. The van der Waals surface area contributed by atoms with Crippen LogP contribution in [0.15, 0.2) is 54.6 Å². The monoisotopic (exact) mass is 384 g/mol. The molecule has 0 bridgehead atoms. The molecule has 2 aromatic rings. The molecule has 0 amide bonds. The molecule has 3 nitrogen and oxygen atoms in total. The van der Waals surface area contributed by atoms with Crippen LogP contribution in [0.3, 0.4) is 0 Å². The van der Waals surface area contributed by atoms with Gasteiger partial charge in [0.2, 0.25) is 0 Å². The normalized spacial score (nSPS) is 24.9. The molecule has 2 fully saturated rings. The Morgan fingerprint density at radius 3 is 2.41 bits per heavy atom. The summed E-state index contributed by atoms with van der Waals surface area (Å²) >= 11 is 6.05. The van der Waals surface area contributed by atoms with Gasteiger partial charge in [-0.25, -0.2) is 0 Å². The van der Waals surface area contributed by atoms with E-state index in [0.29, 0.717) is 18.2 Å². The van der Waals surface area contributed by atoms with Crippen LogP contribution < -0.4 is 4.90 Å². The first kappa shape index (κ1) is 18.8. The fourth-order valence-corrected chi connectivity index (χ4v) is 4.61. The molecule has 27 heavy (non-hydrogen) atoms. The molecule has 2 saturated heterocycles. The maximum absolute atomic E-state index is 6.05. The topological polar surface area (TPSA) is 15.7 Å². The van der Waals surface area contributed by atoms with Crippen LogP contribution in [-0.2, 0) is 11.2 Å². The first-order valence-electron chi connectivity index (χ1n) is 10.1. The summed E-state index contributed by atoms with van der Waals surface area (Å²) in [6.45, 7) is 6.32. The molecule has 2 heterocycles. The lowest BCUT2D eigenvalue weighted by atomic mass is 9.96. The zero-order chi connectivity index (χ0) is 18.6. The smallest absolute Gasteiger partial charge is 0.0674 e. The summed E-state index contributed by atoms with van der Waals surface area (Å²) in [6, 6.07) is 20.2. The summed E-state index contributed by atoms with van der Waals surface area (Å²) in [5.41, 5.74) is 2.69. The van der Waals surface area contributed by atoms with E-state index in [1.165, 1.54) is 24.1 Å². The number of rotatable bonds is 4. The van der Waals surface area contributed by atoms with Crippen molar-refractivity contribution in [1.29, 1.82) is 0 Å². The van der Waals surface area contributed by atoms with Crippen LogP contribution in [-0.4, -0.2) is 49.3 Å². The fraction of sp³-hybridized carbons (Fsp3) is 0.478. The Balaban J connectivity index is 1.41. The number of benzene rings is 2. The molecule has 0 unspecified atom stereocenters. The Labute approximate surface area is 167 Å². The third kappa shape index (κ3) is 4.66. The number of nitrogens with zero attached hydrogens (tertiary/aromatic N) is 2. The van der Waals surface area contributed by atoms with Gasteiger partial charge < -0.3 is 9.64 Å². The molecular weight excluding hydrogens is 356 g/mol. The summed E-state index contributed by atoms with van der Waals surface area (Å²) in [4.78, 5) is 5.25. The van der Waals surface area contributed by atoms with Gasteiger partial charge in [-0.3, -0.25) is 4.90 Å². The van der Waals surface area contributed by atoms with Crippen LogP contribution in [0.4, 0.5) is 5.69 Å². The molecule has 2 aliphatic rings. The number of anilines is 1. The molecule has 2 aromatic carbocycles. The minimum Gasteiger partial charge on any atom is -0.376 e. The van der Waals surface area contributed by atoms with Crippen molar-refractivity contribution in [2.75, 3.05) is 31.1 Å². The molecule has 0 aromatic heterocycles. The number of halogens is 1. The quantitative estimate of drug-likeness (QED) is 0.763. The number of hydrogen-bond donors (Lipinski definition) is 0. The third-order valence-corrected chi connectivity index (χ3v) is 6.20. The summed E-state index contributed by atoms with van der Waals surface area (Å²) in [5, 5.41) is 0.803. The standard InChI is InChI=1S/C23H29ClN2O/c1-18-16-26(23(17-27-18)15-19-7-9-20(24)10-8-19)22-11-13-25(14-12-22)21-5-3-2-4-6-21/h2-10,18,22-23H,11-17H2,1H3/t18-,23-/m0/s1. The van der Waals surface area contributed by atoms with Crippen LogP contribution in [0, 0.1) is 0 Å². The van der Waals surface area contributed by atoms with Gasteiger partial charge in [0.25, 0.3) is 0 Å². The predicted molar refractivity (Wildman–Crippen MR) is 113 cm³/mol. The van der Waals surface area contributed by atoms with Crippen molar-refractivity contribution in [2.45, 2.75) is 44.4 Å². The van der Waals surface area contributed by atoms with E-state index in [9.17, 15) is 0 Å². The van der Waals surface area contributed by atoms with Gasteiger partial charge >= 0.3 is 0 Å². The van der Waals surface area contributed by atoms with Gasteiger partial charge in [0.05, 0.1) is 12.7 Å². The SMILES string of the molecule is C[C@H]1CN(C2CCN(c3ccccc3)CC2)[C@@H](Cc2ccc(Cl)cc2)CO1. The Morgan fingerprint density at radius 1 is 1.00 bits per heavy atom. The zero-order valence-electron chi connectivity index (χ0n) is 16.1.